The molecule has 0 saturated heterocycles. The van der Waals surface area contributed by atoms with Crippen LogP contribution < -0.4 is 4.90 Å². The second-order valence-corrected chi connectivity index (χ2v) is 25.4. The molecule has 2 heterocycles. The van der Waals surface area contributed by atoms with Crippen molar-refractivity contribution < 1.29 is 104 Å². The van der Waals surface area contributed by atoms with E-state index in [1.165, 1.54) is 12.1 Å². The average Bonchev–Trinajstić information content (AvgIpc) is 1.65. The molecule has 1 atom stereocenters. The summed E-state index contributed by atoms with van der Waals surface area (Å²) in [5, 5.41) is 9.10. The zero-order chi connectivity index (χ0) is 60.1. The third kappa shape index (κ3) is 16.5. The summed E-state index contributed by atoms with van der Waals surface area (Å²) in [7, 11) is -18.3. The number of carboxylic acid groups (broad SMARTS) is 1. The van der Waals surface area contributed by atoms with Gasteiger partial charge in [-0.15, -0.1) is 0 Å². The number of methoxy groups -OCH3 is 2. The first-order chi connectivity index (χ1) is 38.7. The molecular weight excluding hydrogens is 1160 g/mol. The molecule has 0 bridgehead atoms. The number of hydrogen-bond acceptors (Lipinski definition) is 22. The number of aliphatic carboxylic acids is 1. The molecule has 0 spiro atoms. The second kappa shape index (κ2) is 28.8. The molecule has 0 fully saturated rings. The number of rotatable bonds is 36. The number of benzene rings is 4. The molecule has 1 N–H and O–H groups in total. The maximum absolute atomic E-state index is 12.9. The van der Waals surface area contributed by atoms with Crippen LogP contribution in [0.4, 0.5) is 11.4 Å². The van der Waals surface area contributed by atoms with E-state index in [1.807, 2.05) is 16.4 Å². The zero-order valence-electron chi connectivity index (χ0n) is 46.2. The van der Waals surface area contributed by atoms with E-state index in [0.717, 1.165) is 12.1 Å². The number of unbranched alkanes of at least 4 members (excludes halogenated alkanes) is 2. The summed E-state index contributed by atoms with van der Waals surface area (Å²) in [6, 6.07) is 9.10. The molecule has 0 saturated carbocycles. The Morgan fingerprint density at radius 1 is 0.573 bits per heavy atom. The highest BCUT2D eigenvalue weighted by molar-refractivity contribution is 7.87. The molecule has 1 unspecified atom stereocenters. The highest BCUT2D eigenvalue weighted by atomic mass is 32.2. The summed E-state index contributed by atoms with van der Waals surface area (Å²) < 4.78 is 199. The quantitative estimate of drug-likeness (QED) is 0.0368. The van der Waals surface area contributed by atoms with Gasteiger partial charge in [0.2, 0.25) is 5.69 Å². The van der Waals surface area contributed by atoms with Crippen LogP contribution in [0.1, 0.15) is 64.0 Å². The molecular formula is C54H69N2O22S4-3. The second-order valence-electron chi connectivity index (χ2n) is 19.9. The minimum atomic E-state index is -5.39. The van der Waals surface area contributed by atoms with Gasteiger partial charge in [0.15, 0.2) is 5.71 Å². The van der Waals surface area contributed by atoms with Crippen LogP contribution in [0, 0.1) is 0 Å². The van der Waals surface area contributed by atoms with Crippen LogP contribution in [0.5, 0.6) is 0 Å². The van der Waals surface area contributed by atoms with Crippen LogP contribution in [0.3, 0.4) is 0 Å². The summed E-state index contributed by atoms with van der Waals surface area (Å²) in [4.78, 5) is 9.60. The number of hydrogen-bond donors (Lipinski definition) is 1. The van der Waals surface area contributed by atoms with Gasteiger partial charge in [-0.1, -0.05) is 12.1 Å². The highest BCUT2D eigenvalue weighted by Crippen LogP contribution is 2.54. The predicted molar refractivity (Wildman–Crippen MR) is 294 cm³/mol. The maximum Gasteiger partial charge on any atom is 0.303 e. The number of carbonyl (C=O) groups is 1. The Kier molecular flexibility index (Phi) is 23.3. The Morgan fingerprint density at radius 3 is 1.51 bits per heavy atom. The molecule has 24 nitrogen and oxygen atoms in total. The van der Waals surface area contributed by atoms with E-state index in [4.69, 9.17) is 37.9 Å². The summed E-state index contributed by atoms with van der Waals surface area (Å²) in [6.45, 7) is 9.42. The van der Waals surface area contributed by atoms with Crippen LogP contribution in [0.15, 0.2) is 92.0 Å². The van der Waals surface area contributed by atoms with Crippen LogP contribution >= 0.6 is 0 Å². The lowest BCUT2D eigenvalue weighted by atomic mass is 9.76. The SMILES string of the molecule is COCCOCCOCCOCCN1/C(=C/C=C/C2=[N+](CCCCCC(=O)O)c3ccc4c(S(=O)(=O)[O-])cc(S(=O)(=O)[O-])cc4c3C2(C)C)C(C)(CCOCCOCCOCCOC)c2c1ccc1c(S(=O)(=O)[O-])cc(S(=O)(=O)[O-])cc21. The van der Waals surface area contributed by atoms with E-state index in [9.17, 15) is 61.8 Å². The lowest BCUT2D eigenvalue weighted by Crippen LogP contribution is -2.32. The van der Waals surface area contributed by atoms with Crippen molar-refractivity contribution in [2.24, 2.45) is 0 Å². The molecule has 0 aliphatic carbocycles. The third-order valence-corrected chi connectivity index (χ3v) is 17.5. The van der Waals surface area contributed by atoms with Gasteiger partial charge in [-0.05, 0) is 104 Å². The molecule has 4 aromatic carbocycles. The Balaban J connectivity index is 1.50. The van der Waals surface area contributed by atoms with Crippen LogP contribution in [-0.4, -0.2) is 193 Å². The van der Waals surface area contributed by atoms with E-state index in [1.54, 1.807) is 58.4 Å². The van der Waals surface area contributed by atoms with Crippen molar-refractivity contribution in [1.29, 1.82) is 0 Å². The fourth-order valence-electron chi connectivity index (χ4n) is 10.3. The number of carboxylic acids is 1. The smallest absolute Gasteiger partial charge is 0.303 e. The molecule has 0 radical (unpaired) electrons. The van der Waals surface area contributed by atoms with Crippen molar-refractivity contribution in [1.82, 2.24) is 0 Å². The largest absolute Gasteiger partial charge is 0.744 e. The average molecular weight is 1230 g/mol. The normalized spacial score (nSPS) is 17.1. The van der Waals surface area contributed by atoms with Gasteiger partial charge in [-0.2, -0.15) is 4.58 Å². The summed E-state index contributed by atoms with van der Waals surface area (Å²) in [5.41, 5.74) is 0.369. The third-order valence-electron chi connectivity index (χ3n) is 14.1. The first-order valence-corrected chi connectivity index (χ1v) is 31.8. The molecule has 2 aliphatic heterocycles. The van der Waals surface area contributed by atoms with E-state index < -0.39 is 76.9 Å². The van der Waals surface area contributed by atoms with Gasteiger partial charge in [-0.25, -0.2) is 33.7 Å². The van der Waals surface area contributed by atoms with Crippen molar-refractivity contribution in [2.75, 3.05) is 125 Å². The van der Waals surface area contributed by atoms with Crippen molar-refractivity contribution in [3.8, 4) is 0 Å². The standard InChI is InChI=1S/C54H72N2O22S4/c1-53(2)48(55(18-8-6-7-12-50(57)58)44-15-13-40-42(51(44)53)34-38(79(59,60)61)36-46(40)81(65,66)67)10-9-11-49-54(3,17-20-73-26-28-77-32-30-75-24-22-71-4)52-43-35-39(80(62,63)64)37-47(82(68,69)70)41(43)14-16-45(52)56(49)19-21-74-27-29-78-33-31-76-25-23-72-5/h9-11,13-16,34-37H,6-8,12,17-33H2,1-5H3,(H4-,57,58,59,60,61,62,63,64,65,66,67,68,69,70)/p-3. The van der Waals surface area contributed by atoms with Crippen molar-refractivity contribution in [3.63, 3.8) is 0 Å². The van der Waals surface area contributed by atoms with Crippen LogP contribution in [0.25, 0.3) is 21.5 Å². The first-order valence-electron chi connectivity index (χ1n) is 26.2. The molecule has 454 valence electrons. The van der Waals surface area contributed by atoms with E-state index >= 15 is 0 Å². The number of ether oxygens (including phenoxy) is 8. The minimum Gasteiger partial charge on any atom is -0.744 e. The Bertz CT molecular complexity index is 3490. The molecule has 82 heavy (non-hydrogen) atoms. The van der Waals surface area contributed by atoms with Crippen molar-refractivity contribution in [2.45, 2.75) is 83.3 Å². The molecule has 2 aliphatic rings. The van der Waals surface area contributed by atoms with Crippen molar-refractivity contribution in [3.05, 3.63) is 83.6 Å². The number of allylic oxidation sites excluding steroid dienone is 4. The van der Waals surface area contributed by atoms with Gasteiger partial charge < -0.3 is 66.1 Å². The number of fused-ring (bicyclic) bond motifs is 6. The van der Waals surface area contributed by atoms with Gasteiger partial charge in [0.1, 0.15) is 47.0 Å². The Hall–Kier alpha value is -4.86. The maximum atomic E-state index is 12.9. The van der Waals surface area contributed by atoms with Crippen molar-refractivity contribution >= 4 is 85.1 Å². The predicted octanol–water partition coefficient (Wildman–Crippen LogP) is 4.63. The zero-order valence-corrected chi connectivity index (χ0v) is 49.5. The first kappa shape index (κ1) is 66.3. The minimum absolute atomic E-state index is 0.01000. The van der Waals surface area contributed by atoms with E-state index in [0.29, 0.717) is 112 Å². The monoisotopic (exact) mass is 1230 g/mol. The Labute approximate surface area is 478 Å². The lowest BCUT2D eigenvalue weighted by molar-refractivity contribution is -0.438. The number of nitrogens with zero attached hydrogens (tertiary/aromatic N) is 2. The summed E-state index contributed by atoms with van der Waals surface area (Å²) in [5.74, 6) is -0.974. The van der Waals surface area contributed by atoms with Gasteiger partial charge in [-0.3, -0.25) is 4.79 Å². The van der Waals surface area contributed by atoms with E-state index in [-0.39, 0.29) is 93.7 Å². The molecule has 0 amide bonds. The topological polar surface area (TPSA) is 346 Å². The van der Waals surface area contributed by atoms with Gasteiger partial charge in [0.25, 0.3) is 0 Å². The van der Waals surface area contributed by atoms with Gasteiger partial charge in [0.05, 0.1) is 111 Å². The fourth-order valence-corrected chi connectivity index (χ4v) is 13.0. The number of anilines is 1. The van der Waals surface area contributed by atoms with E-state index in [2.05, 4.69) is 0 Å². The summed E-state index contributed by atoms with van der Waals surface area (Å²) in [6.07, 6.45) is 6.56. The summed E-state index contributed by atoms with van der Waals surface area (Å²) >= 11 is 0. The lowest BCUT2D eigenvalue weighted by Gasteiger charge is -2.31. The Morgan fingerprint density at radius 2 is 1.04 bits per heavy atom. The van der Waals surface area contributed by atoms with Crippen LogP contribution in [-0.2, 0) is 94.0 Å². The van der Waals surface area contributed by atoms with Crippen LogP contribution in [0.2, 0.25) is 0 Å². The van der Waals surface area contributed by atoms with Gasteiger partial charge >= 0.3 is 5.97 Å². The highest BCUT2D eigenvalue weighted by Gasteiger charge is 2.47. The fraction of sp³-hybridized carbons (Fsp3) is 0.519. The molecule has 0 aromatic heterocycles. The molecule has 28 heteroatoms. The molecule has 6 rings (SSSR count). The van der Waals surface area contributed by atoms with Gasteiger partial charge in [0, 0.05) is 80.1 Å². The molecule has 4 aromatic rings.